The number of hydrogen-bond acceptors (Lipinski definition) is 5. The lowest BCUT2D eigenvalue weighted by Crippen LogP contribution is -2.32. The number of carbonyl (C=O) groups excluding carboxylic acids is 1. The molecule has 1 aliphatic rings. The van der Waals surface area contributed by atoms with Crippen molar-refractivity contribution in [1.82, 2.24) is 5.32 Å². The molecule has 7 nitrogen and oxygen atoms in total. The summed E-state index contributed by atoms with van der Waals surface area (Å²) >= 11 is 0. The van der Waals surface area contributed by atoms with Gasteiger partial charge in [-0.1, -0.05) is 45.0 Å². The molecule has 2 aromatic rings. The fourth-order valence-corrected chi connectivity index (χ4v) is 4.54. The standard InChI is InChI=1S/C24H32N2O5S/c1-17(18-8-10-19(11-9-18)24(2,3)4)25-23(27)7-6-14-26(32(5,28)29)20-12-13-21-22(15-20)31-16-30-21/h8-13,15,17H,6-7,14,16H2,1-5H3,(H,25,27)/t17-/m1/s1. The fraction of sp³-hybridized carbons (Fsp3) is 0.458. The fourth-order valence-electron chi connectivity index (χ4n) is 3.58. The van der Waals surface area contributed by atoms with Crippen molar-refractivity contribution in [2.75, 3.05) is 23.9 Å². The number of rotatable bonds is 8. The molecule has 3 rings (SSSR count). The van der Waals surface area contributed by atoms with Crippen molar-refractivity contribution in [2.24, 2.45) is 0 Å². The zero-order valence-electron chi connectivity index (χ0n) is 19.3. The molecule has 1 amide bonds. The summed E-state index contributed by atoms with van der Waals surface area (Å²) in [5, 5.41) is 3.00. The Balaban J connectivity index is 1.56. The van der Waals surface area contributed by atoms with Gasteiger partial charge < -0.3 is 14.8 Å². The third kappa shape index (κ3) is 5.94. The zero-order chi connectivity index (χ0) is 23.5. The maximum Gasteiger partial charge on any atom is 0.232 e. The van der Waals surface area contributed by atoms with Gasteiger partial charge in [-0.15, -0.1) is 0 Å². The number of ether oxygens (including phenoxy) is 2. The normalized spacial score (nSPS) is 14.2. The van der Waals surface area contributed by atoms with Crippen LogP contribution in [0.4, 0.5) is 5.69 Å². The quantitative estimate of drug-likeness (QED) is 0.640. The van der Waals surface area contributed by atoms with Crippen LogP contribution < -0.4 is 19.1 Å². The first kappa shape index (κ1) is 23.9. The first-order chi connectivity index (χ1) is 14.9. The van der Waals surface area contributed by atoms with E-state index < -0.39 is 10.0 Å². The molecule has 0 aliphatic carbocycles. The second-order valence-electron chi connectivity index (χ2n) is 9.14. The highest BCUT2D eigenvalue weighted by Crippen LogP contribution is 2.36. The van der Waals surface area contributed by atoms with Crippen LogP contribution in [0.25, 0.3) is 0 Å². The molecule has 32 heavy (non-hydrogen) atoms. The van der Waals surface area contributed by atoms with E-state index in [1.807, 2.05) is 19.1 Å². The Hall–Kier alpha value is -2.74. The number of benzene rings is 2. The summed E-state index contributed by atoms with van der Waals surface area (Å²) in [4.78, 5) is 12.5. The van der Waals surface area contributed by atoms with Gasteiger partial charge in [0.15, 0.2) is 11.5 Å². The van der Waals surface area contributed by atoms with Crippen LogP contribution in [-0.4, -0.2) is 33.9 Å². The summed E-state index contributed by atoms with van der Waals surface area (Å²) in [6.45, 7) is 8.75. The van der Waals surface area contributed by atoms with Gasteiger partial charge in [-0.25, -0.2) is 8.42 Å². The Morgan fingerprint density at radius 2 is 1.75 bits per heavy atom. The first-order valence-electron chi connectivity index (χ1n) is 10.7. The predicted molar refractivity (Wildman–Crippen MR) is 126 cm³/mol. The van der Waals surface area contributed by atoms with Crippen molar-refractivity contribution >= 4 is 21.6 Å². The lowest BCUT2D eigenvalue weighted by molar-refractivity contribution is -0.121. The smallest absolute Gasteiger partial charge is 0.232 e. The molecular weight excluding hydrogens is 428 g/mol. The van der Waals surface area contributed by atoms with E-state index in [2.05, 4.69) is 38.2 Å². The molecule has 8 heteroatoms. The number of nitrogens with zero attached hydrogens (tertiary/aromatic N) is 1. The SMILES string of the molecule is C[C@@H](NC(=O)CCCN(c1ccc2c(c1)OCO2)S(C)(=O)=O)c1ccc(C(C)(C)C)cc1. The molecule has 0 saturated carbocycles. The molecule has 0 fully saturated rings. The van der Waals surface area contributed by atoms with Crippen LogP contribution in [0.3, 0.4) is 0 Å². The second kappa shape index (κ2) is 9.40. The predicted octanol–water partition coefficient (Wildman–Crippen LogP) is 4.14. The number of anilines is 1. The van der Waals surface area contributed by atoms with Crippen molar-refractivity contribution in [3.05, 3.63) is 53.6 Å². The van der Waals surface area contributed by atoms with Crippen LogP contribution in [0.5, 0.6) is 11.5 Å². The molecule has 2 aromatic carbocycles. The summed E-state index contributed by atoms with van der Waals surface area (Å²) in [6.07, 6.45) is 1.77. The van der Waals surface area contributed by atoms with Gasteiger partial charge >= 0.3 is 0 Å². The Morgan fingerprint density at radius 1 is 1.09 bits per heavy atom. The van der Waals surface area contributed by atoms with E-state index in [1.165, 1.54) is 9.87 Å². The summed E-state index contributed by atoms with van der Waals surface area (Å²) in [5.41, 5.74) is 2.84. The number of nitrogens with one attached hydrogen (secondary N) is 1. The van der Waals surface area contributed by atoms with Crippen LogP contribution in [-0.2, 0) is 20.2 Å². The molecule has 0 bridgehead atoms. The van der Waals surface area contributed by atoms with E-state index in [-0.39, 0.29) is 37.1 Å². The third-order valence-electron chi connectivity index (χ3n) is 5.46. The number of carbonyl (C=O) groups is 1. The Morgan fingerprint density at radius 3 is 2.38 bits per heavy atom. The van der Waals surface area contributed by atoms with Crippen molar-refractivity contribution in [3.63, 3.8) is 0 Å². The summed E-state index contributed by atoms with van der Waals surface area (Å²) in [5.74, 6) is 0.989. The second-order valence-corrected chi connectivity index (χ2v) is 11.0. The van der Waals surface area contributed by atoms with Crippen LogP contribution in [0.15, 0.2) is 42.5 Å². The average molecular weight is 461 g/mol. The van der Waals surface area contributed by atoms with Crippen LogP contribution >= 0.6 is 0 Å². The molecule has 0 aromatic heterocycles. The van der Waals surface area contributed by atoms with Gasteiger partial charge in [-0.05, 0) is 42.0 Å². The molecular formula is C24H32N2O5S. The van der Waals surface area contributed by atoms with Gasteiger partial charge in [0.05, 0.1) is 18.0 Å². The summed E-state index contributed by atoms with van der Waals surface area (Å²) < 4.78 is 36.6. The minimum absolute atomic E-state index is 0.0779. The summed E-state index contributed by atoms with van der Waals surface area (Å²) in [7, 11) is -3.51. The van der Waals surface area contributed by atoms with Crippen molar-refractivity contribution in [2.45, 2.75) is 52.0 Å². The van der Waals surface area contributed by atoms with E-state index >= 15 is 0 Å². The third-order valence-corrected chi connectivity index (χ3v) is 6.66. The maximum absolute atomic E-state index is 12.5. The molecule has 174 valence electrons. The van der Waals surface area contributed by atoms with Gasteiger partial charge in [-0.3, -0.25) is 9.10 Å². The first-order valence-corrected chi connectivity index (χ1v) is 12.6. The molecule has 1 heterocycles. The maximum atomic E-state index is 12.5. The Labute approximate surface area is 190 Å². The molecule has 0 radical (unpaired) electrons. The van der Waals surface area contributed by atoms with Crippen molar-refractivity contribution < 1.29 is 22.7 Å². The molecule has 0 unspecified atom stereocenters. The van der Waals surface area contributed by atoms with Crippen molar-refractivity contribution in [1.29, 1.82) is 0 Å². The van der Waals surface area contributed by atoms with Crippen LogP contribution in [0.1, 0.15) is 57.7 Å². The molecule has 0 spiro atoms. The van der Waals surface area contributed by atoms with E-state index in [9.17, 15) is 13.2 Å². The van der Waals surface area contributed by atoms with Gasteiger partial charge in [0, 0.05) is 19.0 Å². The lowest BCUT2D eigenvalue weighted by atomic mass is 9.86. The average Bonchev–Trinajstić information content (AvgIpc) is 3.17. The molecule has 0 saturated heterocycles. The highest BCUT2D eigenvalue weighted by molar-refractivity contribution is 7.92. The molecule has 1 atom stereocenters. The van der Waals surface area contributed by atoms with Gasteiger partial charge in [0.2, 0.25) is 22.7 Å². The number of fused-ring (bicyclic) bond motifs is 1. The lowest BCUT2D eigenvalue weighted by Gasteiger charge is -2.23. The highest BCUT2D eigenvalue weighted by atomic mass is 32.2. The Kier molecular flexibility index (Phi) is 7.03. The van der Waals surface area contributed by atoms with Gasteiger partial charge in [0.25, 0.3) is 0 Å². The summed E-state index contributed by atoms with van der Waals surface area (Å²) in [6, 6.07) is 13.1. The monoisotopic (exact) mass is 460 g/mol. The van der Waals surface area contributed by atoms with E-state index in [1.54, 1.807) is 18.2 Å². The number of amides is 1. The topological polar surface area (TPSA) is 84.9 Å². The van der Waals surface area contributed by atoms with E-state index in [0.717, 1.165) is 11.8 Å². The van der Waals surface area contributed by atoms with Crippen LogP contribution in [0, 0.1) is 0 Å². The molecule has 1 N–H and O–H groups in total. The molecule has 1 aliphatic heterocycles. The van der Waals surface area contributed by atoms with Crippen molar-refractivity contribution in [3.8, 4) is 11.5 Å². The van der Waals surface area contributed by atoms with Crippen LogP contribution in [0.2, 0.25) is 0 Å². The minimum atomic E-state index is -3.51. The minimum Gasteiger partial charge on any atom is -0.454 e. The number of hydrogen-bond donors (Lipinski definition) is 1. The largest absolute Gasteiger partial charge is 0.454 e. The number of sulfonamides is 1. The van der Waals surface area contributed by atoms with Gasteiger partial charge in [0.1, 0.15) is 0 Å². The van der Waals surface area contributed by atoms with E-state index in [0.29, 0.717) is 23.6 Å². The Bertz CT molecular complexity index is 1060. The van der Waals surface area contributed by atoms with Gasteiger partial charge in [-0.2, -0.15) is 0 Å². The highest BCUT2D eigenvalue weighted by Gasteiger charge is 2.22. The van der Waals surface area contributed by atoms with E-state index in [4.69, 9.17) is 9.47 Å². The zero-order valence-corrected chi connectivity index (χ0v) is 20.2.